The van der Waals surface area contributed by atoms with E-state index in [9.17, 15) is 4.79 Å². The van der Waals surface area contributed by atoms with Crippen molar-refractivity contribution in [3.8, 4) is 0 Å². The molecule has 0 atom stereocenters. The van der Waals surface area contributed by atoms with E-state index in [-0.39, 0.29) is 5.91 Å². The summed E-state index contributed by atoms with van der Waals surface area (Å²) in [6, 6.07) is 9.07. The molecule has 0 aliphatic carbocycles. The third-order valence-corrected chi connectivity index (χ3v) is 2.68. The van der Waals surface area contributed by atoms with Crippen molar-refractivity contribution in [1.82, 2.24) is 4.98 Å². The summed E-state index contributed by atoms with van der Waals surface area (Å²) in [4.78, 5) is 15.8. The molecule has 2 aromatic rings. The third-order valence-electron chi connectivity index (χ3n) is 2.47. The molecule has 0 saturated carbocycles. The van der Waals surface area contributed by atoms with E-state index in [1.165, 1.54) is 6.20 Å². The smallest absolute Gasteiger partial charge is 0.255 e. The Morgan fingerprint density at radius 3 is 2.44 bits per heavy atom. The summed E-state index contributed by atoms with van der Waals surface area (Å²) in [6.45, 7) is 3.98. The summed E-state index contributed by atoms with van der Waals surface area (Å²) in [5.41, 5.74) is 3.50. The lowest BCUT2D eigenvalue weighted by atomic mass is 10.1. The van der Waals surface area contributed by atoms with Gasteiger partial charge in [-0.25, -0.2) is 4.98 Å². The highest BCUT2D eigenvalue weighted by molar-refractivity contribution is 6.29. The Morgan fingerprint density at radius 2 is 1.83 bits per heavy atom. The van der Waals surface area contributed by atoms with Crippen LogP contribution < -0.4 is 5.32 Å². The summed E-state index contributed by atoms with van der Waals surface area (Å²) in [5.74, 6) is -0.190. The highest BCUT2D eigenvalue weighted by Crippen LogP contribution is 2.15. The van der Waals surface area contributed by atoms with Crippen LogP contribution >= 0.6 is 11.6 Å². The molecule has 92 valence electrons. The molecular weight excluding hydrogens is 248 g/mol. The predicted octanol–water partition coefficient (Wildman–Crippen LogP) is 3.60. The molecule has 0 aliphatic heterocycles. The van der Waals surface area contributed by atoms with Gasteiger partial charge in [-0.3, -0.25) is 4.79 Å². The van der Waals surface area contributed by atoms with E-state index in [0.717, 1.165) is 16.8 Å². The Kier molecular flexibility index (Phi) is 3.63. The SMILES string of the molecule is Cc1cc(C)cc(NC(=O)c2ccnc(Cl)c2)c1. The molecule has 18 heavy (non-hydrogen) atoms. The molecule has 0 unspecified atom stereocenters. The fourth-order valence-electron chi connectivity index (χ4n) is 1.79. The van der Waals surface area contributed by atoms with Gasteiger partial charge in [0, 0.05) is 17.4 Å². The van der Waals surface area contributed by atoms with Crippen molar-refractivity contribution in [2.75, 3.05) is 5.32 Å². The first-order valence-corrected chi connectivity index (χ1v) is 5.93. The van der Waals surface area contributed by atoms with Crippen LogP contribution in [0.3, 0.4) is 0 Å². The number of aryl methyl sites for hydroxylation is 2. The first-order chi connectivity index (χ1) is 8.54. The van der Waals surface area contributed by atoms with Gasteiger partial charge in [0.05, 0.1) is 0 Å². The molecule has 3 nitrogen and oxygen atoms in total. The maximum Gasteiger partial charge on any atom is 0.255 e. The second-order valence-corrected chi connectivity index (χ2v) is 4.59. The van der Waals surface area contributed by atoms with Gasteiger partial charge in [0.2, 0.25) is 0 Å². The maximum absolute atomic E-state index is 12.0. The van der Waals surface area contributed by atoms with Crippen LogP contribution in [-0.2, 0) is 0 Å². The van der Waals surface area contributed by atoms with E-state index < -0.39 is 0 Å². The molecule has 1 amide bonds. The molecule has 0 aliphatic rings. The number of hydrogen-bond donors (Lipinski definition) is 1. The molecule has 1 aromatic carbocycles. The second kappa shape index (κ2) is 5.19. The fraction of sp³-hybridized carbons (Fsp3) is 0.143. The number of pyridine rings is 1. The summed E-state index contributed by atoms with van der Waals surface area (Å²) in [5, 5.41) is 3.15. The normalized spacial score (nSPS) is 10.2. The number of amides is 1. The van der Waals surface area contributed by atoms with Crippen LogP contribution in [0.15, 0.2) is 36.5 Å². The van der Waals surface area contributed by atoms with Crippen molar-refractivity contribution in [2.45, 2.75) is 13.8 Å². The van der Waals surface area contributed by atoms with E-state index in [4.69, 9.17) is 11.6 Å². The van der Waals surface area contributed by atoms with Gasteiger partial charge in [0.15, 0.2) is 0 Å². The predicted molar refractivity (Wildman–Crippen MR) is 73.1 cm³/mol. The highest BCUT2D eigenvalue weighted by Gasteiger charge is 2.07. The number of aromatic nitrogens is 1. The number of carbonyl (C=O) groups is 1. The lowest BCUT2D eigenvalue weighted by molar-refractivity contribution is 0.102. The minimum absolute atomic E-state index is 0.190. The van der Waals surface area contributed by atoms with Gasteiger partial charge < -0.3 is 5.32 Å². The van der Waals surface area contributed by atoms with Crippen LogP contribution in [0.1, 0.15) is 21.5 Å². The molecule has 2 rings (SSSR count). The van der Waals surface area contributed by atoms with Gasteiger partial charge in [-0.05, 0) is 49.2 Å². The lowest BCUT2D eigenvalue weighted by Gasteiger charge is -2.07. The van der Waals surface area contributed by atoms with Crippen LogP contribution in [0.25, 0.3) is 0 Å². The Bertz CT molecular complexity index is 576. The topological polar surface area (TPSA) is 42.0 Å². The van der Waals surface area contributed by atoms with Crippen LogP contribution in [0.5, 0.6) is 0 Å². The monoisotopic (exact) mass is 260 g/mol. The summed E-state index contributed by atoms with van der Waals surface area (Å²) in [6.07, 6.45) is 1.51. The van der Waals surface area contributed by atoms with Gasteiger partial charge in [-0.1, -0.05) is 17.7 Å². The van der Waals surface area contributed by atoms with Crippen LogP contribution in [0.2, 0.25) is 5.15 Å². The number of halogens is 1. The molecular formula is C14H13ClN2O. The zero-order chi connectivity index (χ0) is 13.1. The van der Waals surface area contributed by atoms with Gasteiger partial charge >= 0.3 is 0 Å². The van der Waals surface area contributed by atoms with Crippen LogP contribution in [-0.4, -0.2) is 10.9 Å². The van der Waals surface area contributed by atoms with Crippen molar-refractivity contribution < 1.29 is 4.79 Å². The molecule has 0 spiro atoms. The van der Waals surface area contributed by atoms with Gasteiger partial charge in [-0.15, -0.1) is 0 Å². The van der Waals surface area contributed by atoms with Crippen molar-refractivity contribution in [2.24, 2.45) is 0 Å². The molecule has 1 N–H and O–H groups in total. The third kappa shape index (κ3) is 3.08. The Hall–Kier alpha value is -1.87. The molecule has 0 fully saturated rings. The lowest BCUT2D eigenvalue weighted by Crippen LogP contribution is -2.12. The molecule has 0 radical (unpaired) electrons. The number of rotatable bonds is 2. The van der Waals surface area contributed by atoms with E-state index in [0.29, 0.717) is 10.7 Å². The number of nitrogens with zero attached hydrogens (tertiary/aromatic N) is 1. The van der Waals surface area contributed by atoms with Gasteiger partial charge in [0.1, 0.15) is 5.15 Å². The number of carbonyl (C=O) groups excluding carboxylic acids is 1. The fourth-order valence-corrected chi connectivity index (χ4v) is 1.97. The molecule has 1 aromatic heterocycles. The Morgan fingerprint density at radius 1 is 1.17 bits per heavy atom. The molecule has 1 heterocycles. The van der Waals surface area contributed by atoms with Crippen LogP contribution in [0.4, 0.5) is 5.69 Å². The highest BCUT2D eigenvalue weighted by atomic mass is 35.5. The minimum atomic E-state index is -0.190. The van der Waals surface area contributed by atoms with E-state index in [2.05, 4.69) is 16.4 Å². The minimum Gasteiger partial charge on any atom is -0.322 e. The average molecular weight is 261 g/mol. The number of anilines is 1. The quantitative estimate of drug-likeness (QED) is 0.839. The first-order valence-electron chi connectivity index (χ1n) is 5.56. The maximum atomic E-state index is 12.0. The second-order valence-electron chi connectivity index (χ2n) is 4.20. The summed E-state index contributed by atoms with van der Waals surface area (Å²) < 4.78 is 0. The standard InChI is InChI=1S/C14H13ClN2O/c1-9-5-10(2)7-12(6-9)17-14(18)11-3-4-16-13(15)8-11/h3-8H,1-2H3,(H,17,18). The summed E-state index contributed by atoms with van der Waals surface area (Å²) >= 11 is 5.75. The van der Waals surface area contributed by atoms with Crippen molar-refractivity contribution >= 4 is 23.2 Å². The molecule has 4 heteroatoms. The first kappa shape index (κ1) is 12.6. The van der Waals surface area contributed by atoms with Crippen molar-refractivity contribution in [3.05, 3.63) is 58.4 Å². The van der Waals surface area contributed by atoms with E-state index in [1.807, 2.05) is 26.0 Å². The number of hydrogen-bond acceptors (Lipinski definition) is 2. The summed E-state index contributed by atoms with van der Waals surface area (Å²) in [7, 11) is 0. The van der Waals surface area contributed by atoms with Crippen molar-refractivity contribution in [3.63, 3.8) is 0 Å². The average Bonchev–Trinajstić information content (AvgIpc) is 2.27. The number of nitrogens with one attached hydrogen (secondary N) is 1. The van der Waals surface area contributed by atoms with Gasteiger partial charge in [-0.2, -0.15) is 0 Å². The zero-order valence-electron chi connectivity index (χ0n) is 10.2. The Labute approximate surface area is 111 Å². The van der Waals surface area contributed by atoms with Crippen molar-refractivity contribution in [1.29, 1.82) is 0 Å². The molecule has 0 bridgehead atoms. The molecule has 0 saturated heterocycles. The van der Waals surface area contributed by atoms with Gasteiger partial charge in [0.25, 0.3) is 5.91 Å². The zero-order valence-corrected chi connectivity index (χ0v) is 11.0. The largest absolute Gasteiger partial charge is 0.322 e. The number of benzene rings is 1. The Balaban J connectivity index is 2.21. The van der Waals surface area contributed by atoms with Crippen LogP contribution in [0, 0.1) is 13.8 Å². The van der Waals surface area contributed by atoms with E-state index in [1.54, 1.807) is 12.1 Å². The van der Waals surface area contributed by atoms with E-state index >= 15 is 0 Å².